The number of carbonyl (C=O) groups is 1. The summed E-state index contributed by atoms with van der Waals surface area (Å²) in [5.74, 6) is 1.17. The van der Waals surface area contributed by atoms with Gasteiger partial charge in [-0.1, -0.05) is 18.2 Å². The number of hydrogen-bond acceptors (Lipinski definition) is 5. The number of aliphatic imine (C=N–C) groups is 1. The molecule has 9 heteroatoms. The van der Waals surface area contributed by atoms with E-state index < -0.39 is 9.84 Å². The quantitative estimate of drug-likeness (QED) is 0.310. The topological polar surface area (TPSA) is 109 Å². The molecule has 2 rings (SSSR count). The van der Waals surface area contributed by atoms with Gasteiger partial charge in [0.2, 0.25) is 5.91 Å². The van der Waals surface area contributed by atoms with E-state index in [9.17, 15) is 13.2 Å². The van der Waals surface area contributed by atoms with Crippen molar-refractivity contribution in [3.63, 3.8) is 0 Å². The van der Waals surface area contributed by atoms with Crippen LogP contribution in [-0.4, -0.2) is 46.2 Å². The van der Waals surface area contributed by atoms with Crippen molar-refractivity contribution in [2.24, 2.45) is 4.99 Å². The first kappa shape index (κ1) is 24.2. The van der Waals surface area contributed by atoms with Crippen LogP contribution in [0, 0.1) is 6.92 Å². The first-order valence-corrected chi connectivity index (χ1v) is 11.9. The summed E-state index contributed by atoms with van der Waals surface area (Å²) >= 11 is 0. The Labute approximate surface area is 184 Å². The number of carbonyl (C=O) groups excluding carboxylic acids is 1. The first-order valence-electron chi connectivity index (χ1n) is 10.0. The Hall–Kier alpha value is -3.07. The van der Waals surface area contributed by atoms with Gasteiger partial charge in [-0.05, 0) is 43.2 Å². The molecule has 0 heterocycles. The third-order valence-electron chi connectivity index (χ3n) is 4.22. The van der Waals surface area contributed by atoms with Crippen LogP contribution in [-0.2, 0) is 21.2 Å². The first-order chi connectivity index (χ1) is 14.7. The van der Waals surface area contributed by atoms with Crippen molar-refractivity contribution < 1.29 is 17.9 Å². The molecule has 0 atom stereocenters. The number of guanidine groups is 1. The fourth-order valence-electron chi connectivity index (χ4n) is 2.94. The summed E-state index contributed by atoms with van der Waals surface area (Å²) in [7, 11) is -3.23. The van der Waals surface area contributed by atoms with E-state index in [2.05, 4.69) is 20.9 Å². The lowest BCUT2D eigenvalue weighted by Gasteiger charge is -2.13. The van der Waals surface area contributed by atoms with Crippen molar-refractivity contribution in [3.8, 4) is 5.75 Å². The summed E-state index contributed by atoms with van der Waals surface area (Å²) in [6.45, 7) is 7.29. The third kappa shape index (κ3) is 8.29. The average molecular weight is 447 g/mol. The smallest absolute Gasteiger partial charge is 0.221 e. The zero-order valence-electron chi connectivity index (χ0n) is 18.4. The number of aryl methyl sites for hydroxylation is 1. The van der Waals surface area contributed by atoms with E-state index in [0.29, 0.717) is 54.1 Å². The summed E-state index contributed by atoms with van der Waals surface area (Å²) in [6, 6.07) is 12.5. The molecule has 0 saturated heterocycles. The SMILES string of the molecule is CCNC(=NCc1ccc(S(C)(=O)=O)c(C)c1)NCCOc1cccc(NC(C)=O)c1. The minimum absolute atomic E-state index is 0.133. The number of rotatable bonds is 9. The van der Waals surface area contributed by atoms with Crippen molar-refractivity contribution in [2.45, 2.75) is 32.2 Å². The molecule has 8 nitrogen and oxygen atoms in total. The molecule has 0 aliphatic rings. The standard InChI is InChI=1S/C22H30N4O4S/c1-5-23-22(25-15-18-9-10-21(16(2)13-18)31(4,28)29)24-11-12-30-20-8-6-7-19(14-20)26-17(3)27/h6-10,13-14H,5,11-12,15H2,1-4H3,(H,26,27)(H2,23,24,25). The Morgan fingerprint density at radius 2 is 1.90 bits per heavy atom. The number of ether oxygens (including phenoxy) is 1. The van der Waals surface area contributed by atoms with Crippen molar-refractivity contribution in [2.75, 3.05) is 31.3 Å². The van der Waals surface area contributed by atoms with Gasteiger partial charge in [0.1, 0.15) is 12.4 Å². The van der Waals surface area contributed by atoms with Crippen LogP contribution in [0.4, 0.5) is 5.69 Å². The monoisotopic (exact) mass is 446 g/mol. The highest BCUT2D eigenvalue weighted by Crippen LogP contribution is 2.18. The van der Waals surface area contributed by atoms with Crippen molar-refractivity contribution in [1.82, 2.24) is 10.6 Å². The van der Waals surface area contributed by atoms with Crippen molar-refractivity contribution in [1.29, 1.82) is 0 Å². The van der Waals surface area contributed by atoms with E-state index in [1.807, 2.05) is 25.1 Å². The number of hydrogen-bond donors (Lipinski definition) is 3. The fraction of sp³-hybridized carbons (Fsp3) is 0.364. The van der Waals surface area contributed by atoms with Gasteiger partial charge in [0.25, 0.3) is 0 Å². The zero-order valence-corrected chi connectivity index (χ0v) is 19.2. The van der Waals surface area contributed by atoms with Gasteiger partial charge in [-0.25, -0.2) is 13.4 Å². The molecule has 1 amide bonds. The van der Waals surface area contributed by atoms with E-state index in [1.54, 1.807) is 31.2 Å². The van der Waals surface area contributed by atoms with Gasteiger partial charge >= 0.3 is 0 Å². The summed E-state index contributed by atoms with van der Waals surface area (Å²) in [5.41, 5.74) is 2.32. The highest BCUT2D eigenvalue weighted by Gasteiger charge is 2.10. The Kier molecular flexibility index (Phi) is 8.87. The van der Waals surface area contributed by atoms with Crippen LogP contribution in [0.25, 0.3) is 0 Å². The van der Waals surface area contributed by atoms with E-state index >= 15 is 0 Å². The molecule has 0 saturated carbocycles. The molecule has 0 aliphatic heterocycles. The highest BCUT2D eigenvalue weighted by atomic mass is 32.2. The molecule has 3 N–H and O–H groups in total. The van der Waals surface area contributed by atoms with Gasteiger partial charge in [0, 0.05) is 31.5 Å². The number of nitrogens with one attached hydrogen (secondary N) is 3. The Balaban J connectivity index is 1.91. The third-order valence-corrected chi connectivity index (χ3v) is 5.48. The van der Waals surface area contributed by atoms with Gasteiger partial charge in [0.05, 0.1) is 18.0 Å². The van der Waals surface area contributed by atoms with Crippen LogP contribution in [0.15, 0.2) is 52.4 Å². The molecule has 0 radical (unpaired) electrons. The number of nitrogens with zero attached hydrogens (tertiary/aromatic N) is 1. The van der Waals surface area contributed by atoms with Crippen molar-refractivity contribution >= 4 is 27.4 Å². The van der Waals surface area contributed by atoms with E-state index in [-0.39, 0.29) is 5.91 Å². The van der Waals surface area contributed by atoms with Gasteiger partial charge in [0.15, 0.2) is 15.8 Å². The predicted molar refractivity (Wildman–Crippen MR) is 123 cm³/mol. The molecule has 0 fully saturated rings. The molecule has 0 spiro atoms. The minimum Gasteiger partial charge on any atom is -0.492 e. The van der Waals surface area contributed by atoms with Crippen LogP contribution in [0.2, 0.25) is 0 Å². The molecule has 0 aromatic heterocycles. The van der Waals surface area contributed by atoms with Gasteiger partial charge in [-0.3, -0.25) is 4.79 Å². The van der Waals surface area contributed by atoms with E-state index in [4.69, 9.17) is 4.74 Å². The normalized spacial score (nSPS) is 11.7. The summed E-state index contributed by atoms with van der Waals surface area (Å²) in [4.78, 5) is 16.0. The molecule has 0 aliphatic carbocycles. The summed E-state index contributed by atoms with van der Waals surface area (Å²) in [5, 5.41) is 9.10. The Morgan fingerprint density at radius 1 is 1.13 bits per heavy atom. The lowest BCUT2D eigenvalue weighted by atomic mass is 10.1. The second kappa shape index (κ2) is 11.4. The van der Waals surface area contributed by atoms with Gasteiger partial charge in [-0.15, -0.1) is 0 Å². The van der Waals surface area contributed by atoms with Crippen LogP contribution in [0.5, 0.6) is 5.75 Å². The summed E-state index contributed by atoms with van der Waals surface area (Å²) < 4.78 is 29.2. The van der Waals surface area contributed by atoms with Crippen LogP contribution < -0.4 is 20.7 Å². The number of amides is 1. The van der Waals surface area contributed by atoms with Gasteiger partial charge in [-0.2, -0.15) is 0 Å². The molecule has 168 valence electrons. The maximum atomic E-state index is 11.8. The largest absolute Gasteiger partial charge is 0.492 e. The number of sulfone groups is 1. The van der Waals surface area contributed by atoms with Crippen LogP contribution >= 0.6 is 0 Å². The molecular weight excluding hydrogens is 416 g/mol. The van der Waals surface area contributed by atoms with Crippen LogP contribution in [0.3, 0.4) is 0 Å². The summed E-state index contributed by atoms with van der Waals surface area (Å²) in [6.07, 6.45) is 1.21. The predicted octanol–water partition coefficient (Wildman–Crippen LogP) is 2.49. The molecule has 0 unspecified atom stereocenters. The maximum Gasteiger partial charge on any atom is 0.221 e. The Bertz CT molecular complexity index is 1040. The molecule has 0 bridgehead atoms. The van der Waals surface area contributed by atoms with Crippen molar-refractivity contribution in [3.05, 3.63) is 53.6 Å². The second-order valence-corrected chi connectivity index (χ2v) is 9.04. The minimum atomic E-state index is -3.23. The van der Waals surface area contributed by atoms with Gasteiger partial charge < -0.3 is 20.7 Å². The van der Waals surface area contributed by atoms with Crippen LogP contribution in [0.1, 0.15) is 25.0 Å². The fourth-order valence-corrected chi connectivity index (χ4v) is 3.90. The zero-order chi connectivity index (χ0) is 22.9. The number of anilines is 1. The average Bonchev–Trinajstić information content (AvgIpc) is 2.68. The highest BCUT2D eigenvalue weighted by molar-refractivity contribution is 7.90. The second-order valence-electron chi connectivity index (χ2n) is 7.05. The van der Waals surface area contributed by atoms with E-state index in [0.717, 1.165) is 5.56 Å². The molecular formula is C22H30N4O4S. The van der Waals surface area contributed by atoms with E-state index in [1.165, 1.54) is 13.2 Å². The number of benzene rings is 2. The lowest BCUT2D eigenvalue weighted by Crippen LogP contribution is -2.39. The Morgan fingerprint density at radius 3 is 2.55 bits per heavy atom. The molecule has 31 heavy (non-hydrogen) atoms. The maximum absolute atomic E-state index is 11.8. The lowest BCUT2D eigenvalue weighted by molar-refractivity contribution is -0.114. The molecule has 2 aromatic rings. The molecule has 2 aromatic carbocycles.